The van der Waals surface area contributed by atoms with Crippen LogP contribution in [0.3, 0.4) is 0 Å². The lowest BCUT2D eigenvalue weighted by atomic mass is 10.1. The Morgan fingerprint density at radius 1 is 0.611 bits per heavy atom. The first kappa shape index (κ1) is 25.7. The van der Waals surface area contributed by atoms with Gasteiger partial charge in [0, 0.05) is 15.7 Å². The molecule has 0 aliphatic rings. The van der Waals surface area contributed by atoms with Gasteiger partial charge >= 0.3 is 0 Å². The number of hydrogen-bond donors (Lipinski definition) is 2. The molecule has 0 saturated heterocycles. The van der Waals surface area contributed by atoms with E-state index in [2.05, 4.69) is 20.9 Å². The summed E-state index contributed by atoms with van der Waals surface area (Å²) in [5.74, 6) is -0.939. The molecule has 10 heteroatoms. The Kier molecular flexibility index (Phi) is 8.23. The van der Waals surface area contributed by atoms with Gasteiger partial charge in [0.1, 0.15) is 5.69 Å². The molecule has 4 rings (SSSR count). The van der Waals surface area contributed by atoms with Crippen molar-refractivity contribution in [3.63, 3.8) is 0 Å². The molecule has 0 saturated carbocycles. The summed E-state index contributed by atoms with van der Waals surface area (Å²) in [5, 5.41) is 15.2. The zero-order chi connectivity index (χ0) is 25.7. The molecule has 0 spiro atoms. The number of nitrogens with zero attached hydrogens (tertiary/aromatic N) is 2. The zero-order valence-corrected chi connectivity index (χ0v) is 21.3. The van der Waals surface area contributed by atoms with Crippen LogP contribution in [-0.2, 0) is 0 Å². The van der Waals surface area contributed by atoms with Gasteiger partial charge in [-0.05, 0) is 66.7 Å². The third-order valence-corrected chi connectivity index (χ3v) is 5.98. The fourth-order valence-corrected chi connectivity index (χ4v) is 4.13. The summed E-state index contributed by atoms with van der Waals surface area (Å²) < 4.78 is 0. The molecule has 4 aromatic rings. The molecule has 0 bridgehead atoms. The number of azo groups is 1. The fraction of sp³-hybridized carbons (Fsp3) is 0. The molecular formula is C26H16Cl4N4O2. The van der Waals surface area contributed by atoms with Gasteiger partial charge in [-0.25, -0.2) is 0 Å². The molecular weight excluding hydrogens is 542 g/mol. The molecule has 2 amide bonds. The van der Waals surface area contributed by atoms with E-state index in [4.69, 9.17) is 46.4 Å². The van der Waals surface area contributed by atoms with Crippen LogP contribution in [0.5, 0.6) is 0 Å². The predicted octanol–water partition coefficient (Wildman–Crippen LogP) is 9.22. The van der Waals surface area contributed by atoms with Gasteiger partial charge in [0.15, 0.2) is 0 Å². The van der Waals surface area contributed by atoms with E-state index in [1.807, 2.05) is 18.2 Å². The lowest BCUT2D eigenvalue weighted by Crippen LogP contribution is -2.14. The van der Waals surface area contributed by atoms with E-state index in [1.165, 1.54) is 24.3 Å². The van der Waals surface area contributed by atoms with Gasteiger partial charge in [-0.1, -0.05) is 64.6 Å². The van der Waals surface area contributed by atoms with Gasteiger partial charge in [-0.15, -0.1) is 5.11 Å². The van der Waals surface area contributed by atoms with E-state index in [1.54, 1.807) is 42.5 Å². The van der Waals surface area contributed by atoms with Crippen LogP contribution in [0.4, 0.5) is 22.7 Å². The Labute approximate surface area is 226 Å². The van der Waals surface area contributed by atoms with Crippen molar-refractivity contribution in [3.8, 4) is 0 Å². The van der Waals surface area contributed by atoms with Crippen LogP contribution in [0.25, 0.3) is 0 Å². The molecule has 2 N–H and O–H groups in total. The van der Waals surface area contributed by atoms with Crippen molar-refractivity contribution >= 4 is 81.0 Å². The van der Waals surface area contributed by atoms with Crippen molar-refractivity contribution in [2.45, 2.75) is 0 Å². The van der Waals surface area contributed by atoms with E-state index in [0.717, 1.165) is 0 Å². The van der Waals surface area contributed by atoms with Gasteiger partial charge in [-0.2, -0.15) is 5.11 Å². The Hall–Kier alpha value is -3.42. The van der Waals surface area contributed by atoms with E-state index >= 15 is 0 Å². The number of nitrogens with one attached hydrogen (secondary N) is 2. The summed E-state index contributed by atoms with van der Waals surface area (Å²) >= 11 is 24.2. The number of halogens is 4. The highest BCUT2D eigenvalue weighted by Crippen LogP contribution is 2.32. The summed E-state index contributed by atoms with van der Waals surface area (Å²) in [5.41, 5.74) is 2.14. The van der Waals surface area contributed by atoms with Crippen molar-refractivity contribution in [3.05, 3.63) is 116 Å². The van der Waals surface area contributed by atoms with E-state index in [-0.39, 0.29) is 21.2 Å². The molecule has 0 aliphatic carbocycles. The van der Waals surface area contributed by atoms with Crippen LogP contribution in [0.2, 0.25) is 20.1 Å². The van der Waals surface area contributed by atoms with Gasteiger partial charge in [0.2, 0.25) is 0 Å². The third kappa shape index (κ3) is 6.42. The average molecular weight is 558 g/mol. The van der Waals surface area contributed by atoms with E-state index in [9.17, 15) is 9.59 Å². The maximum atomic E-state index is 13.0. The standard InChI is InChI=1S/C26H16Cl4N4O2/c27-15-6-9-19(21(29)12-15)25(35)31-18-8-11-23(34-33-17-4-2-1-3-5-17)24(14-18)32-26(36)20-10-7-16(28)13-22(20)30/h1-14H,(H,31,35)(H,32,36). The third-order valence-electron chi connectivity index (χ3n) is 4.88. The highest BCUT2D eigenvalue weighted by Gasteiger charge is 2.16. The number of rotatable bonds is 6. The zero-order valence-electron chi connectivity index (χ0n) is 18.3. The minimum Gasteiger partial charge on any atom is -0.322 e. The minimum absolute atomic E-state index is 0.189. The van der Waals surface area contributed by atoms with Crippen LogP contribution in [0.15, 0.2) is 95.2 Å². The van der Waals surface area contributed by atoms with Gasteiger partial charge in [0.05, 0.1) is 32.5 Å². The van der Waals surface area contributed by atoms with Crippen LogP contribution < -0.4 is 10.6 Å². The lowest BCUT2D eigenvalue weighted by Gasteiger charge is -2.12. The highest BCUT2D eigenvalue weighted by atomic mass is 35.5. The van der Waals surface area contributed by atoms with Crippen molar-refractivity contribution < 1.29 is 9.59 Å². The lowest BCUT2D eigenvalue weighted by molar-refractivity contribution is 0.101. The van der Waals surface area contributed by atoms with Crippen molar-refractivity contribution in [2.24, 2.45) is 10.2 Å². The van der Waals surface area contributed by atoms with Crippen molar-refractivity contribution in [2.75, 3.05) is 10.6 Å². The normalized spacial score (nSPS) is 10.9. The molecule has 180 valence electrons. The number of anilines is 2. The molecule has 0 heterocycles. The molecule has 36 heavy (non-hydrogen) atoms. The largest absolute Gasteiger partial charge is 0.322 e. The van der Waals surface area contributed by atoms with Gasteiger partial charge in [0.25, 0.3) is 11.8 Å². The number of carbonyl (C=O) groups excluding carboxylic acids is 2. The van der Waals surface area contributed by atoms with E-state index < -0.39 is 11.8 Å². The summed E-state index contributed by atoms with van der Waals surface area (Å²) in [6, 6.07) is 23.0. The Morgan fingerprint density at radius 3 is 1.78 bits per heavy atom. The first-order valence-corrected chi connectivity index (χ1v) is 11.9. The molecule has 6 nitrogen and oxygen atoms in total. The smallest absolute Gasteiger partial charge is 0.257 e. The van der Waals surface area contributed by atoms with Crippen molar-refractivity contribution in [1.29, 1.82) is 0 Å². The summed E-state index contributed by atoms with van der Waals surface area (Å²) in [6.45, 7) is 0. The second-order valence-corrected chi connectivity index (χ2v) is 9.11. The topological polar surface area (TPSA) is 82.9 Å². The first-order valence-electron chi connectivity index (χ1n) is 10.4. The van der Waals surface area contributed by atoms with Gasteiger partial charge < -0.3 is 10.6 Å². The Bertz CT molecular complexity index is 1480. The second-order valence-electron chi connectivity index (χ2n) is 7.42. The summed E-state index contributed by atoms with van der Waals surface area (Å²) in [6.07, 6.45) is 0. The summed E-state index contributed by atoms with van der Waals surface area (Å²) in [4.78, 5) is 25.8. The Morgan fingerprint density at radius 2 is 1.19 bits per heavy atom. The first-order chi connectivity index (χ1) is 17.3. The Balaban J connectivity index is 1.65. The minimum atomic E-state index is -0.489. The molecule has 0 radical (unpaired) electrons. The number of carbonyl (C=O) groups is 2. The molecule has 0 unspecified atom stereocenters. The average Bonchev–Trinajstić information content (AvgIpc) is 2.84. The monoisotopic (exact) mass is 556 g/mol. The molecule has 0 aromatic heterocycles. The number of benzene rings is 4. The molecule has 0 atom stereocenters. The SMILES string of the molecule is O=C(Nc1ccc(N=Nc2ccccc2)c(NC(=O)c2ccc(Cl)cc2Cl)c1)c1ccc(Cl)cc1Cl. The van der Waals surface area contributed by atoms with Crippen LogP contribution in [0.1, 0.15) is 20.7 Å². The quantitative estimate of drug-likeness (QED) is 0.231. The van der Waals surface area contributed by atoms with Gasteiger partial charge in [-0.3, -0.25) is 9.59 Å². The number of amides is 2. The van der Waals surface area contributed by atoms with Crippen LogP contribution in [-0.4, -0.2) is 11.8 Å². The molecule has 0 aliphatic heterocycles. The van der Waals surface area contributed by atoms with Crippen LogP contribution in [0, 0.1) is 0 Å². The second kappa shape index (κ2) is 11.5. The molecule has 4 aromatic carbocycles. The van der Waals surface area contributed by atoms with Crippen molar-refractivity contribution in [1.82, 2.24) is 0 Å². The predicted molar refractivity (Wildman–Crippen MR) is 146 cm³/mol. The fourth-order valence-electron chi connectivity index (χ4n) is 3.14. The maximum Gasteiger partial charge on any atom is 0.257 e. The summed E-state index contributed by atoms with van der Waals surface area (Å²) in [7, 11) is 0. The van der Waals surface area contributed by atoms with Crippen LogP contribution >= 0.6 is 46.4 Å². The number of hydrogen-bond acceptors (Lipinski definition) is 4. The highest BCUT2D eigenvalue weighted by molar-refractivity contribution is 6.38. The maximum absolute atomic E-state index is 13.0. The molecule has 0 fully saturated rings. The van der Waals surface area contributed by atoms with E-state index in [0.29, 0.717) is 32.8 Å².